The molecule has 92 valence electrons. The molecule has 1 saturated carbocycles. The van der Waals surface area contributed by atoms with Crippen molar-refractivity contribution < 1.29 is 9.90 Å². The molecule has 0 radical (unpaired) electrons. The van der Waals surface area contributed by atoms with Crippen LogP contribution in [0.25, 0.3) is 0 Å². The van der Waals surface area contributed by atoms with Crippen LogP contribution in [0.3, 0.4) is 0 Å². The third-order valence-electron chi connectivity index (χ3n) is 4.14. The number of nitrogens with zero attached hydrogens (tertiary/aromatic N) is 1. The van der Waals surface area contributed by atoms with Crippen LogP contribution in [-0.2, 0) is 0 Å². The van der Waals surface area contributed by atoms with Gasteiger partial charge in [0.2, 0.25) is 0 Å². The molecule has 1 N–H and O–H groups in total. The highest BCUT2D eigenvalue weighted by Gasteiger charge is 2.36. The Labute approximate surface area is 105 Å². The van der Waals surface area contributed by atoms with Crippen LogP contribution in [0, 0.1) is 5.92 Å². The highest BCUT2D eigenvalue weighted by Crippen LogP contribution is 2.39. The van der Waals surface area contributed by atoms with Crippen LogP contribution in [0.4, 0.5) is 5.69 Å². The van der Waals surface area contributed by atoms with Gasteiger partial charge in [-0.3, -0.25) is 0 Å². The van der Waals surface area contributed by atoms with Gasteiger partial charge >= 0.3 is 5.97 Å². The number of carbonyl (C=O) groups is 1. The van der Waals surface area contributed by atoms with Crippen molar-refractivity contribution in [3.05, 3.63) is 16.3 Å². The summed E-state index contributed by atoms with van der Waals surface area (Å²) in [4.78, 5) is 13.8. The van der Waals surface area contributed by atoms with Crippen molar-refractivity contribution in [1.29, 1.82) is 0 Å². The van der Waals surface area contributed by atoms with Crippen LogP contribution in [0.1, 0.15) is 41.8 Å². The molecule has 0 aromatic carbocycles. The van der Waals surface area contributed by atoms with E-state index in [4.69, 9.17) is 5.11 Å². The number of thiophene rings is 1. The first kappa shape index (κ1) is 11.1. The highest BCUT2D eigenvalue weighted by atomic mass is 32.1. The van der Waals surface area contributed by atoms with Gasteiger partial charge in [-0.25, -0.2) is 4.79 Å². The molecule has 0 bridgehead atoms. The van der Waals surface area contributed by atoms with Crippen LogP contribution in [0.5, 0.6) is 0 Å². The van der Waals surface area contributed by atoms with Crippen molar-refractivity contribution in [2.75, 3.05) is 11.4 Å². The molecule has 2 fully saturated rings. The number of carboxylic acid groups (broad SMARTS) is 1. The normalized spacial score (nSPS) is 28.1. The molecule has 1 aliphatic carbocycles. The van der Waals surface area contributed by atoms with E-state index >= 15 is 0 Å². The molecular weight excluding hydrogens is 234 g/mol. The van der Waals surface area contributed by atoms with Crippen LogP contribution in [0.15, 0.2) is 11.4 Å². The summed E-state index contributed by atoms with van der Waals surface area (Å²) in [5.41, 5.74) is 1.13. The van der Waals surface area contributed by atoms with E-state index in [0.717, 1.165) is 18.2 Å². The minimum atomic E-state index is -0.805. The topological polar surface area (TPSA) is 40.5 Å². The molecule has 0 amide bonds. The summed E-state index contributed by atoms with van der Waals surface area (Å²) >= 11 is 1.34. The predicted octanol–water partition coefficient (Wildman–Crippen LogP) is 3.22. The molecule has 2 atom stereocenters. The van der Waals surface area contributed by atoms with E-state index in [2.05, 4.69) is 4.90 Å². The Morgan fingerprint density at radius 1 is 1.35 bits per heavy atom. The maximum atomic E-state index is 10.9. The minimum Gasteiger partial charge on any atom is -0.477 e. The minimum absolute atomic E-state index is 0.458. The summed E-state index contributed by atoms with van der Waals surface area (Å²) in [6.07, 6.45) is 6.62. The van der Waals surface area contributed by atoms with Crippen LogP contribution < -0.4 is 4.90 Å². The lowest BCUT2D eigenvalue weighted by Gasteiger charge is -2.32. The monoisotopic (exact) mass is 251 g/mol. The smallest absolute Gasteiger partial charge is 0.345 e. The zero-order valence-corrected chi connectivity index (χ0v) is 10.6. The maximum Gasteiger partial charge on any atom is 0.345 e. The molecule has 1 aromatic heterocycles. The number of fused-ring (bicyclic) bond motifs is 1. The summed E-state index contributed by atoms with van der Waals surface area (Å²) < 4.78 is 0. The quantitative estimate of drug-likeness (QED) is 0.877. The third-order valence-corrected chi connectivity index (χ3v) is 5.04. The first-order chi connectivity index (χ1) is 8.25. The van der Waals surface area contributed by atoms with E-state index in [1.165, 1.54) is 43.4 Å². The standard InChI is InChI=1S/C13H17NO2S/c15-13(16)12-7-10(8-17-12)14-6-5-9-3-1-2-4-11(9)14/h7-9,11H,1-6H2,(H,15,16). The second-order valence-corrected chi connectivity index (χ2v) is 5.98. The first-order valence-electron chi connectivity index (χ1n) is 6.34. The molecule has 0 spiro atoms. The van der Waals surface area contributed by atoms with Crippen molar-refractivity contribution in [2.24, 2.45) is 5.92 Å². The lowest BCUT2D eigenvalue weighted by atomic mass is 9.85. The van der Waals surface area contributed by atoms with Crippen molar-refractivity contribution in [2.45, 2.75) is 38.1 Å². The van der Waals surface area contributed by atoms with Crippen molar-refractivity contribution in [3.8, 4) is 0 Å². The van der Waals surface area contributed by atoms with Gasteiger partial charge in [-0.15, -0.1) is 11.3 Å². The molecule has 2 heterocycles. The Morgan fingerprint density at radius 3 is 2.94 bits per heavy atom. The van der Waals surface area contributed by atoms with Crippen LogP contribution >= 0.6 is 11.3 Å². The van der Waals surface area contributed by atoms with E-state index in [9.17, 15) is 4.79 Å². The van der Waals surface area contributed by atoms with Crippen molar-refractivity contribution in [3.63, 3.8) is 0 Å². The zero-order chi connectivity index (χ0) is 11.8. The fraction of sp³-hybridized carbons (Fsp3) is 0.615. The van der Waals surface area contributed by atoms with Crippen molar-refractivity contribution in [1.82, 2.24) is 0 Å². The van der Waals surface area contributed by atoms with Gasteiger partial charge in [0.1, 0.15) is 4.88 Å². The first-order valence-corrected chi connectivity index (χ1v) is 7.22. The molecule has 3 rings (SSSR count). The molecule has 1 aromatic rings. The number of rotatable bonds is 2. The average Bonchev–Trinajstić information content (AvgIpc) is 2.95. The summed E-state index contributed by atoms with van der Waals surface area (Å²) in [5.74, 6) is 0.0394. The van der Waals surface area contributed by atoms with E-state index in [-0.39, 0.29) is 0 Å². The van der Waals surface area contributed by atoms with E-state index in [1.807, 2.05) is 11.4 Å². The lowest BCUT2D eigenvalue weighted by molar-refractivity contribution is 0.0702. The Bertz CT molecular complexity index is 429. The Hall–Kier alpha value is -1.03. The fourth-order valence-electron chi connectivity index (χ4n) is 3.32. The third kappa shape index (κ3) is 1.95. The van der Waals surface area contributed by atoms with Crippen LogP contribution in [0.2, 0.25) is 0 Å². The SMILES string of the molecule is O=C(O)c1cc(N2CCC3CCCCC32)cs1. The van der Waals surface area contributed by atoms with Gasteiger partial charge in [0.05, 0.1) is 0 Å². The molecule has 4 heteroatoms. The largest absolute Gasteiger partial charge is 0.477 e. The molecule has 1 saturated heterocycles. The number of hydrogen-bond donors (Lipinski definition) is 1. The number of carboxylic acids is 1. The van der Waals surface area contributed by atoms with E-state index < -0.39 is 5.97 Å². The number of aromatic carboxylic acids is 1. The molecular formula is C13H17NO2S. The lowest BCUT2D eigenvalue weighted by Crippen LogP contribution is -2.34. The van der Waals surface area contributed by atoms with Crippen molar-refractivity contribution >= 4 is 23.0 Å². The van der Waals surface area contributed by atoms with Crippen LogP contribution in [-0.4, -0.2) is 23.7 Å². The zero-order valence-electron chi connectivity index (χ0n) is 9.76. The van der Waals surface area contributed by atoms with Gasteiger partial charge in [-0.1, -0.05) is 12.8 Å². The highest BCUT2D eigenvalue weighted by molar-refractivity contribution is 7.12. The van der Waals surface area contributed by atoms with Gasteiger partial charge in [-0.05, 0) is 31.2 Å². The predicted molar refractivity (Wildman–Crippen MR) is 69.0 cm³/mol. The molecule has 2 unspecified atom stereocenters. The molecule has 1 aliphatic heterocycles. The second kappa shape index (κ2) is 4.33. The maximum absolute atomic E-state index is 10.9. The molecule has 2 aliphatic rings. The summed E-state index contributed by atoms with van der Waals surface area (Å²) in [6, 6.07) is 2.50. The fourth-order valence-corrected chi connectivity index (χ4v) is 4.06. The average molecular weight is 251 g/mol. The Kier molecular flexibility index (Phi) is 2.82. The number of hydrogen-bond acceptors (Lipinski definition) is 3. The van der Waals surface area contributed by atoms with E-state index in [0.29, 0.717) is 10.9 Å². The van der Waals surface area contributed by atoms with Gasteiger partial charge in [0.25, 0.3) is 0 Å². The van der Waals surface area contributed by atoms with E-state index in [1.54, 1.807) is 0 Å². The van der Waals surface area contributed by atoms with Gasteiger partial charge < -0.3 is 10.0 Å². The Balaban J connectivity index is 1.81. The second-order valence-electron chi connectivity index (χ2n) is 5.07. The Morgan fingerprint density at radius 2 is 2.18 bits per heavy atom. The molecule has 17 heavy (non-hydrogen) atoms. The summed E-state index contributed by atoms with van der Waals surface area (Å²) in [6.45, 7) is 1.10. The number of anilines is 1. The van der Waals surface area contributed by atoms with Gasteiger partial charge in [0, 0.05) is 23.7 Å². The van der Waals surface area contributed by atoms with Gasteiger partial charge in [-0.2, -0.15) is 0 Å². The summed E-state index contributed by atoms with van der Waals surface area (Å²) in [7, 11) is 0. The van der Waals surface area contributed by atoms with Gasteiger partial charge in [0.15, 0.2) is 0 Å². The molecule has 3 nitrogen and oxygen atoms in total. The summed E-state index contributed by atoms with van der Waals surface area (Å²) in [5, 5.41) is 11.0.